The molecule has 0 amide bonds. The summed E-state index contributed by atoms with van der Waals surface area (Å²) in [5.41, 5.74) is 0.484. The zero-order valence-electron chi connectivity index (χ0n) is 8.88. The zero-order chi connectivity index (χ0) is 10.4. The highest BCUT2D eigenvalue weighted by Gasteiger charge is 2.10. The number of aromatic nitrogens is 1. The molecule has 0 saturated carbocycles. The summed E-state index contributed by atoms with van der Waals surface area (Å²) in [7, 11) is 0. The lowest BCUT2D eigenvalue weighted by atomic mass is 10.2. The Bertz CT molecular complexity index is 291. The Morgan fingerprint density at radius 3 is 2.86 bits per heavy atom. The van der Waals surface area contributed by atoms with Crippen molar-refractivity contribution in [3.8, 4) is 0 Å². The molecular weight excluding hydrogens is 178 g/mol. The number of hydrogen-bond acceptors (Lipinski definition) is 3. The van der Waals surface area contributed by atoms with Crippen molar-refractivity contribution in [1.82, 2.24) is 4.98 Å². The molecule has 78 valence electrons. The van der Waals surface area contributed by atoms with Gasteiger partial charge in [0.25, 0.3) is 0 Å². The van der Waals surface area contributed by atoms with Crippen molar-refractivity contribution >= 4 is 5.78 Å². The summed E-state index contributed by atoms with van der Waals surface area (Å²) in [5.74, 6) is 0.769. The van der Waals surface area contributed by atoms with E-state index in [1.807, 2.05) is 6.92 Å². The SMILES string of the molecule is CCCCc1nc(C(=O)CCC)co1. The van der Waals surface area contributed by atoms with E-state index < -0.39 is 0 Å². The number of carbonyl (C=O) groups excluding carboxylic acids is 1. The molecule has 0 saturated heterocycles. The van der Waals surface area contributed by atoms with Crippen LogP contribution in [0.4, 0.5) is 0 Å². The van der Waals surface area contributed by atoms with Crippen LogP contribution in [0.1, 0.15) is 55.9 Å². The van der Waals surface area contributed by atoms with Crippen molar-refractivity contribution < 1.29 is 9.21 Å². The fourth-order valence-electron chi connectivity index (χ4n) is 1.24. The van der Waals surface area contributed by atoms with E-state index in [9.17, 15) is 4.79 Å². The molecular formula is C11H17NO2. The molecule has 0 radical (unpaired) electrons. The summed E-state index contributed by atoms with van der Waals surface area (Å²) < 4.78 is 5.20. The number of unbranched alkanes of at least 4 members (excludes halogenated alkanes) is 1. The van der Waals surface area contributed by atoms with Crippen LogP contribution in [0.5, 0.6) is 0 Å². The maximum absolute atomic E-state index is 11.4. The smallest absolute Gasteiger partial charge is 0.194 e. The summed E-state index contributed by atoms with van der Waals surface area (Å²) in [4.78, 5) is 15.6. The van der Waals surface area contributed by atoms with E-state index in [1.165, 1.54) is 6.26 Å². The first kappa shape index (κ1) is 11.0. The standard InChI is InChI=1S/C11H17NO2/c1-3-5-7-11-12-9(8-14-11)10(13)6-4-2/h8H,3-7H2,1-2H3. The molecule has 1 heterocycles. The van der Waals surface area contributed by atoms with Gasteiger partial charge in [0.05, 0.1) is 0 Å². The molecule has 3 heteroatoms. The predicted octanol–water partition coefficient (Wildman–Crippen LogP) is 3.00. The molecule has 14 heavy (non-hydrogen) atoms. The van der Waals surface area contributed by atoms with Crippen LogP contribution in [0.3, 0.4) is 0 Å². The van der Waals surface area contributed by atoms with E-state index in [-0.39, 0.29) is 5.78 Å². The van der Waals surface area contributed by atoms with Crippen molar-refractivity contribution in [3.63, 3.8) is 0 Å². The first-order chi connectivity index (χ1) is 6.77. The van der Waals surface area contributed by atoms with Gasteiger partial charge in [-0.25, -0.2) is 4.98 Å². The minimum atomic E-state index is 0.0824. The van der Waals surface area contributed by atoms with Gasteiger partial charge in [-0.15, -0.1) is 0 Å². The molecule has 3 nitrogen and oxygen atoms in total. The summed E-state index contributed by atoms with van der Waals surface area (Å²) in [6.45, 7) is 4.10. The van der Waals surface area contributed by atoms with Gasteiger partial charge in [0.2, 0.25) is 0 Å². The summed E-state index contributed by atoms with van der Waals surface area (Å²) in [6.07, 6.45) is 5.89. The third kappa shape index (κ3) is 2.98. The van der Waals surface area contributed by atoms with Gasteiger partial charge in [-0.05, 0) is 12.8 Å². The number of carbonyl (C=O) groups is 1. The summed E-state index contributed by atoms with van der Waals surface area (Å²) in [5, 5.41) is 0. The normalized spacial score (nSPS) is 10.4. The van der Waals surface area contributed by atoms with Crippen LogP contribution in [0, 0.1) is 0 Å². The van der Waals surface area contributed by atoms with Crippen molar-refractivity contribution in [1.29, 1.82) is 0 Å². The molecule has 0 aliphatic carbocycles. The van der Waals surface area contributed by atoms with Gasteiger partial charge in [-0.2, -0.15) is 0 Å². The van der Waals surface area contributed by atoms with Gasteiger partial charge < -0.3 is 4.42 Å². The number of ketones is 1. The van der Waals surface area contributed by atoms with Crippen LogP contribution in [-0.2, 0) is 6.42 Å². The highest BCUT2D eigenvalue weighted by Crippen LogP contribution is 2.08. The second-order valence-corrected chi connectivity index (χ2v) is 3.40. The first-order valence-corrected chi connectivity index (χ1v) is 5.25. The lowest BCUT2D eigenvalue weighted by Crippen LogP contribution is -1.98. The molecule has 0 unspecified atom stereocenters. The van der Waals surface area contributed by atoms with Gasteiger partial charge in [-0.3, -0.25) is 4.79 Å². The van der Waals surface area contributed by atoms with Gasteiger partial charge in [0.1, 0.15) is 12.0 Å². The molecule has 1 rings (SSSR count). The molecule has 0 aliphatic rings. The second kappa shape index (κ2) is 5.58. The van der Waals surface area contributed by atoms with E-state index in [2.05, 4.69) is 11.9 Å². The average Bonchev–Trinajstić information content (AvgIpc) is 2.63. The van der Waals surface area contributed by atoms with Crippen molar-refractivity contribution in [3.05, 3.63) is 17.8 Å². The lowest BCUT2D eigenvalue weighted by molar-refractivity contribution is 0.0977. The highest BCUT2D eigenvalue weighted by atomic mass is 16.3. The third-order valence-corrected chi connectivity index (χ3v) is 2.06. The van der Waals surface area contributed by atoms with Crippen LogP contribution < -0.4 is 0 Å². The maximum Gasteiger partial charge on any atom is 0.194 e. The summed E-state index contributed by atoms with van der Waals surface area (Å²) in [6, 6.07) is 0. The number of aryl methyl sites for hydroxylation is 1. The van der Waals surface area contributed by atoms with E-state index in [4.69, 9.17) is 4.42 Å². The van der Waals surface area contributed by atoms with Crippen LogP contribution in [-0.4, -0.2) is 10.8 Å². The quantitative estimate of drug-likeness (QED) is 0.655. The van der Waals surface area contributed by atoms with Crippen LogP contribution in [0.15, 0.2) is 10.7 Å². The van der Waals surface area contributed by atoms with Gasteiger partial charge >= 0.3 is 0 Å². The average molecular weight is 195 g/mol. The largest absolute Gasteiger partial charge is 0.448 e. The second-order valence-electron chi connectivity index (χ2n) is 3.40. The number of oxazole rings is 1. The fourth-order valence-corrected chi connectivity index (χ4v) is 1.24. The molecule has 0 bridgehead atoms. The zero-order valence-corrected chi connectivity index (χ0v) is 8.88. The van der Waals surface area contributed by atoms with E-state index in [1.54, 1.807) is 0 Å². The Hall–Kier alpha value is -1.12. The summed E-state index contributed by atoms with van der Waals surface area (Å²) >= 11 is 0. The molecule has 0 fully saturated rings. The Morgan fingerprint density at radius 1 is 1.43 bits per heavy atom. The van der Waals surface area contributed by atoms with Gasteiger partial charge in [-0.1, -0.05) is 20.3 Å². The highest BCUT2D eigenvalue weighted by molar-refractivity contribution is 5.93. The van der Waals surface area contributed by atoms with E-state index in [0.717, 1.165) is 25.7 Å². The van der Waals surface area contributed by atoms with Crippen LogP contribution >= 0.6 is 0 Å². The Morgan fingerprint density at radius 2 is 2.21 bits per heavy atom. The first-order valence-electron chi connectivity index (χ1n) is 5.25. The minimum absolute atomic E-state index is 0.0824. The van der Waals surface area contributed by atoms with Crippen molar-refractivity contribution in [2.24, 2.45) is 0 Å². The van der Waals surface area contributed by atoms with E-state index >= 15 is 0 Å². The minimum Gasteiger partial charge on any atom is -0.448 e. The number of nitrogens with zero attached hydrogens (tertiary/aromatic N) is 1. The predicted molar refractivity (Wildman–Crippen MR) is 54.4 cm³/mol. The maximum atomic E-state index is 11.4. The molecule has 0 spiro atoms. The topological polar surface area (TPSA) is 43.1 Å². The monoisotopic (exact) mass is 195 g/mol. The number of Topliss-reactive ketones (excluding diaryl/α,β-unsaturated/α-hetero) is 1. The Kier molecular flexibility index (Phi) is 4.36. The molecule has 0 aromatic carbocycles. The van der Waals surface area contributed by atoms with Crippen molar-refractivity contribution in [2.75, 3.05) is 0 Å². The molecule has 1 aromatic rings. The molecule has 0 atom stereocenters. The Balaban J connectivity index is 2.54. The number of rotatable bonds is 6. The van der Waals surface area contributed by atoms with Crippen molar-refractivity contribution in [2.45, 2.75) is 46.0 Å². The fraction of sp³-hybridized carbons (Fsp3) is 0.636. The lowest BCUT2D eigenvalue weighted by Gasteiger charge is -1.91. The molecule has 0 aliphatic heterocycles. The van der Waals surface area contributed by atoms with Crippen LogP contribution in [0.25, 0.3) is 0 Å². The third-order valence-electron chi connectivity index (χ3n) is 2.06. The van der Waals surface area contributed by atoms with Crippen LogP contribution in [0.2, 0.25) is 0 Å². The number of hydrogen-bond donors (Lipinski definition) is 0. The van der Waals surface area contributed by atoms with Gasteiger partial charge in [0, 0.05) is 12.8 Å². The van der Waals surface area contributed by atoms with E-state index in [0.29, 0.717) is 18.0 Å². The molecule has 0 N–H and O–H groups in total. The Labute approximate surface area is 84.5 Å². The van der Waals surface area contributed by atoms with Gasteiger partial charge in [0.15, 0.2) is 11.7 Å². The molecule has 1 aromatic heterocycles.